The van der Waals surface area contributed by atoms with Crippen molar-refractivity contribution in [2.24, 2.45) is 5.73 Å². The van der Waals surface area contributed by atoms with E-state index in [-0.39, 0.29) is 24.0 Å². The minimum atomic E-state index is -5.08. The Bertz CT molecular complexity index is 1340. The second kappa shape index (κ2) is 11.0. The van der Waals surface area contributed by atoms with Crippen LogP contribution in [0.3, 0.4) is 0 Å². The van der Waals surface area contributed by atoms with Gasteiger partial charge < -0.3 is 15.7 Å². The summed E-state index contributed by atoms with van der Waals surface area (Å²) in [5.74, 6) is -3.17. The van der Waals surface area contributed by atoms with Crippen molar-refractivity contribution in [3.05, 3.63) is 82.6 Å². The number of nitrogens with one attached hydrogen (secondary N) is 2. The van der Waals surface area contributed by atoms with E-state index in [4.69, 9.17) is 21.0 Å². The van der Waals surface area contributed by atoms with Crippen LogP contribution in [0.2, 0.25) is 0 Å². The molecule has 1 amide bonds. The molecule has 0 radical (unpaired) electrons. The number of carboxylic acid groups (broad SMARTS) is 1. The van der Waals surface area contributed by atoms with Gasteiger partial charge >= 0.3 is 22.4 Å². The van der Waals surface area contributed by atoms with Gasteiger partial charge in [0.2, 0.25) is 0 Å². The number of halogens is 3. The molecule has 0 aromatic heterocycles. The SMILES string of the molecule is N=C(N)c1cccc(CN2CC=C(NS(=O)(=O)N3CCc4ccccc4C3)C2=O)c1.O=C(O)C(F)(F)F. The van der Waals surface area contributed by atoms with Crippen molar-refractivity contribution in [1.29, 1.82) is 5.41 Å². The van der Waals surface area contributed by atoms with Crippen LogP contribution in [-0.4, -0.2) is 59.7 Å². The lowest BCUT2D eigenvalue weighted by Crippen LogP contribution is -2.44. The van der Waals surface area contributed by atoms with E-state index in [0.717, 1.165) is 16.7 Å². The molecule has 5 N–H and O–H groups in total. The van der Waals surface area contributed by atoms with Crippen LogP contribution in [0.4, 0.5) is 13.2 Å². The van der Waals surface area contributed by atoms with Crippen molar-refractivity contribution in [1.82, 2.24) is 13.9 Å². The Morgan fingerprint density at radius 3 is 2.41 bits per heavy atom. The number of carbonyl (C=O) groups excluding carboxylic acids is 1. The molecule has 0 unspecified atom stereocenters. The monoisotopic (exact) mass is 539 g/mol. The molecule has 10 nitrogen and oxygen atoms in total. The summed E-state index contributed by atoms with van der Waals surface area (Å²) >= 11 is 0. The molecular formula is C23H24F3N5O5S. The molecule has 2 aliphatic rings. The van der Waals surface area contributed by atoms with Crippen LogP contribution in [0.1, 0.15) is 22.3 Å². The number of alkyl halides is 3. The summed E-state index contributed by atoms with van der Waals surface area (Å²) in [6.07, 6.45) is -2.85. The minimum Gasteiger partial charge on any atom is -0.475 e. The summed E-state index contributed by atoms with van der Waals surface area (Å²) in [5.41, 5.74) is 9.12. The Morgan fingerprint density at radius 2 is 1.78 bits per heavy atom. The van der Waals surface area contributed by atoms with Gasteiger partial charge in [-0.15, -0.1) is 0 Å². The van der Waals surface area contributed by atoms with Crippen molar-refractivity contribution in [3.63, 3.8) is 0 Å². The number of aliphatic carboxylic acids is 1. The number of nitrogens with zero attached hydrogens (tertiary/aromatic N) is 2. The lowest BCUT2D eigenvalue weighted by molar-refractivity contribution is -0.192. The van der Waals surface area contributed by atoms with E-state index in [2.05, 4.69) is 4.72 Å². The van der Waals surface area contributed by atoms with E-state index in [1.54, 1.807) is 29.2 Å². The summed E-state index contributed by atoms with van der Waals surface area (Å²) in [5, 5.41) is 14.7. The number of rotatable bonds is 6. The molecule has 0 spiro atoms. The highest BCUT2D eigenvalue weighted by atomic mass is 32.2. The van der Waals surface area contributed by atoms with E-state index < -0.39 is 22.4 Å². The quantitative estimate of drug-likeness (QED) is 0.324. The molecule has 4 rings (SSSR count). The van der Waals surface area contributed by atoms with Crippen LogP contribution in [0.15, 0.2) is 60.3 Å². The Kier molecular flexibility index (Phi) is 8.23. The summed E-state index contributed by atoms with van der Waals surface area (Å²) in [6.45, 7) is 1.27. The molecule has 37 heavy (non-hydrogen) atoms. The first-order valence-electron chi connectivity index (χ1n) is 10.9. The number of amides is 1. The van der Waals surface area contributed by atoms with Crippen molar-refractivity contribution in [2.75, 3.05) is 13.1 Å². The molecule has 0 saturated carbocycles. The Labute approximate surface area is 210 Å². The fourth-order valence-electron chi connectivity index (χ4n) is 3.70. The molecule has 0 aliphatic carbocycles. The molecule has 2 heterocycles. The molecule has 0 fully saturated rings. The fourth-order valence-corrected chi connectivity index (χ4v) is 4.92. The molecule has 0 saturated heterocycles. The molecule has 2 aliphatic heterocycles. The average molecular weight is 540 g/mol. The van der Waals surface area contributed by atoms with Crippen LogP contribution < -0.4 is 10.5 Å². The summed E-state index contributed by atoms with van der Waals surface area (Å²) < 4.78 is 61.3. The van der Waals surface area contributed by atoms with Crippen molar-refractivity contribution < 1.29 is 36.3 Å². The molecule has 14 heteroatoms. The van der Waals surface area contributed by atoms with Gasteiger partial charge in [0.25, 0.3) is 5.91 Å². The Morgan fingerprint density at radius 1 is 1.14 bits per heavy atom. The number of nitrogen functional groups attached to an aromatic ring is 1. The van der Waals surface area contributed by atoms with Gasteiger partial charge in [0.15, 0.2) is 0 Å². The van der Waals surface area contributed by atoms with Crippen molar-refractivity contribution in [3.8, 4) is 0 Å². The zero-order valence-electron chi connectivity index (χ0n) is 19.3. The van der Waals surface area contributed by atoms with Gasteiger partial charge in [-0.1, -0.05) is 42.5 Å². The van der Waals surface area contributed by atoms with Gasteiger partial charge in [-0.25, -0.2) is 4.79 Å². The van der Waals surface area contributed by atoms with Crippen LogP contribution in [0, 0.1) is 5.41 Å². The first kappa shape index (κ1) is 27.7. The average Bonchev–Trinajstić information content (AvgIpc) is 3.17. The highest BCUT2D eigenvalue weighted by Gasteiger charge is 2.38. The second-order valence-electron chi connectivity index (χ2n) is 8.18. The third-order valence-electron chi connectivity index (χ3n) is 5.56. The van der Waals surface area contributed by atoms with Crippen molar-refractivity contribution >= 4 is 27.9 Å². The van der Waals surface area contributed by atoms with Gasteiger partial charge in [0.05, 0.1) is 0 Å². The largest absolute Gasteiger partial charge is 0.490 e. The number of nitrogens with two attached hydrogens (primary N) is 1. The number of hydrogen-bond acceptors (Lipinski definition) is 5. The Hall–Kier alpha value is -3.91. The maximum absolute atomic E-state index is 12.8. The van der Waals surface area contributed by atoms with Gasteiger partial charge in [-0.3, -0.25) is 14.9 Å². The van der Waals surface area contributed by atoms with E-state index in [1.807, 2.05) is 30.3 Å². The van der Waals surface area contributed by atoms with E-state index >= 15 is 0 Å². The second-order valence-corrected chi connectivity index (χ2v) is 9.85. The van der Waals surface area contributed by atoms with Gasteiger partial charge in [0.1, 0.15) is 11.5 Å². The van der Waals surface area contributed by atoms with E-state index in [9.17, 15) is 26.4 Å². The van der Waals surface area contributed by atoms with Crippen LogP contribution in [0.25, 0.3) is 0 Å². The lowest BCUT2D eigenvalue weighted by Gasteiger charge is -2.28. The molecular weight excluding hydrogens is 515 g/mol. The highest BCUT2D eigenvalue weighted by Crippen LogP contribution is 2.22. The standard InChI is InChI=1S/C21H23N5O3S.C2HF3O2/c22-20(23)17-7-3-4-15(12-17)13-25-10-9-19(21(25)27)24-30(28,29)26-11-8-16-5-1-2-6-18(16)14-26;3-2(4,5)1(6)7/h1-7,9,12,24H,8,10-11,13-14H2,(H3,22,23);(H,6,7). The number of carbonyl (C=O) groups is 2. The van der Waals surface area contributed by atoms with E-state index in [0.29, 0.717) is 31.6 Å². The molecule has 0 bridgehead atoms. The minimum absolute atomic E-state index is 0.0423. The third kappa shape index (κ3) is 7.07. The first-order chi connectivity index (χ1) is 17.3. The zero-order valence-corrected chi connectivity index (χ0v) is 20.1. The molecule has 198 valence electrons. The predicted molar refractivity (Wildman–Crippen MR) is 127 cm³/mol. The summed E-state index contributed by atoms with van der Waals surface area (Å²) in [6, 6.07) is 14.9. The Balaban J connectivity index is 0.000000479. The lowest BCUT2D eigenvalue weighted by atomic mass is 10.0. The summed E-state index contributed by atoms with van der Waals surface area (Å²) in [7, 11) is -3.83. The number of hydrogen-bond donors (Lipinski definition) is 4. The number of fused-ring (bicyclic) bond motifs is 1. The van der Waals surface area contributed by atoms with Gasteiger partial charge in [0, 0.05) is 31.7 Å². The normalized spacial score (nSPS) is 15.8. The topological polar surface area (TPSA) is 157 Å². The third-order valence-corrected chi connectivity index (χ3v) is 7.03. The van der Waals surface area contributed by atoms with Gasteiger partial charge in [-0.2, -0.15) is 25.9 Å². The predicted octanol–water partition coefficient (Wildman–Crippen LogP) is 1.72. The molecule has 2 aromatic rings. The van der Waals surface area contributed by atoms with Gasteiger partial charge in [-0.05, 0) is 35.3 Å². The fraction of sp³-hybridized carbons (Fsp3) is 0.261. The zero-order chi connectivity index (χ0) is 27.4. The molecule has 0 atom stereocenters. The molecule has 2 aromatic carbocycles. The van der Waals surface area contributed by atoms with Crippen LogP contribution >= 0.6 is 0 Å². The smallest absolute Gasteiger partial charge is 0.475 e. The number of amidine groups is 1. The maximum atomic E-state index is 12.8. The summed E-state index contributed by atoms with van der Waals surface area (Å²) in [4.78, 5) is 23.2. The van der Waals surface area contributed by atoms with Crippen molar-refractivity contribution in [2.45, 2.75) is 25.7 Å². The van der Waals surface area contributed by atoms with E-state index in [1.165, 1.54) is 4.31 Å². The van der Waals surface area contributed by atoms with Crippen LogP contribution in [-0.2, 0) is 39.3 Å². The number of carboxylic acids is 1. The highest BCUT2D eigenvalue weighted by molar-refractivity contribution is 7.87. The van der Waals surface area contributed by atoms with Crippen LogP contribution in [0.5, 0.6) is 0 Å². The first-order valence-corrected chi connectivity index (χ1v) is 12.3. The maximum Gasteiger partial charge on any atom is 0.490 e. The number of benzene rings is 2.